The van der Waals surface area contributed by atoms with Gasteiger partial charge >= 0.3 is 6.18 Å². The lowest BCUT2D eigenvalue weighted by atomic mass is 10.1. The number of nitrogens with two attached hydrogens (primary N) is 1. The number of nitriles is 1. The van der Waals surface area contributed by atoms with Gasteiger partial charge in [0.25, 0.3) is 0 Å². The summed E-state index contributed by atoms with van der Waals surface area (Å²) in [7, 11) is 1.53. The van der Waals surface area contributed by atoms with Gasteiger partial charge in [-0.15, -0.1) is 0 Å². The Kier molecular flexibility index (Phi) is 10.2. The third kappa shape index (κ3) is 8.34. The zero-order chi connectivity index (χ0) is 26.0. The molecule has 1 heterocycles. The second-order valence-electron chi connectivity index (χ2n) is 6.73. The van der Waals surface area contributed by atoms with E-state index < -0.39 is 34.9 Å². The van der Waals surface area contributed by atoms with E-state index >= 15 is 0 Å². The zero-order valence-corrected chi connectivity index (χ0v) is 19.0. The summed E-state index contributed by atoms with van der Waals surface area (Å²) >= 11 is 1.40. The molecule has 3 aromatic rings. The number of benzene rings is 2. The highest BCUT2D eigenvalue weighted by Crippen LogP contribution is 2.34. The van der Waals surface area contributed by atoms with E-state index in [2.05, 4.69) is 21.0 Å². The van der Waals surface area contributed by atoms with Crippen molar-refractivity contribution in [2.75, 3.05) is 24.8 Å². The predicted molar refractivity (Wildman–Crippen MR) is 120 cm³/mol. The summed E-state index contributed by atoms with van der Waals surface area (Å²) in [5.74, 6) is -2.20. The summed E-state index contributed by atoms with van der Waals surface area (Å²) in [5.41, 5.74) is 2.93. The molecule has 3 rings (SSSR count). The largest absolute Gasteiger partial charge is 0.416 e. The van der Waals surface area contributed by atoms with Crippen molar-refractivity contribution in [2.24, 2.45) is 5.73 Å². The molecule has 0 radical (unpaired) electrons. The van der Waals surface area contributed by atoms with E-state index in [0.29, 0.717) is 29.7 Å². The van der Waals surface area contributed by atoms with Crippen LogP contribution in [0.25, 0.3) is 11.3 Å². The zero-order valence-electron chi connectivity index (χ0n) is 18.2. The van der Waals surface area contributed by atoms with Gasteiger partial charge in [0.2, 0.25) is 5.95 Å². The Balaban J connectivity index is 0.00000137. The number of aromatic nitrogens is 2. The summed E-state index contributed by atoms with van der Waals surface area (Å²) in [6.07, 6.45) is -2.59. The van der Waals surface area contributed by atoms with Gasteiger partial charge in [-0.05, 0) is 35.9 Å². The van der Waals surface area contributed by atoms with Crippen LogP contribution in [0.15, 0.2) is 42.6 Å². The van der Waals surface area contributed by atoms with E-state index in [1.54, 1.807) is 0 Å². The molecule has 0 saturated carbocycles. The number of alkyl halides is 3. The van der Waals surface area contributed by atoms with Crippen molar-refractivity contribution in [1.29, 1.82) is 5.26 Å². The average molecular weight is 515 g/mol. The molecular formula is C22H19F6N5OS. The highest BCUT2D eigenvalue weighted by molar-refractivity contribution is 7.98. The number of hydrogen-bond acceptors (Lipinski definition) is 7. The second kappa shape index (κ2) is 12.8. The summed E-state index contributed by atoms with van der Waals surface area (Å²) in [4.78, 5) is 7.59. The summed E-state index contributed by atoms with van der Waals surface area (Å²) in [6.45, 7) is 0.459. The normalized spacial score (nSPS) is 10.8. The number of nitrogens with zero attached hydrogens (tertiary/aromatic N) is 3. The van der Waals surface area contributed by atoms with Crippen molar-refractivity contribution in [3.8, 4) is 17.5 Å². The lowest BCUT2D eigenvalue weighted by molar-refractivity contribution is -0.137. The molecule has 0 atom stereocenters. The van der Waals surface area contributed by atoms with E-state index in [9.17, 15) is 26.3 Å². The van der Waals surface area contributed by atoms with E-state index in [1.165, 1.54) is 31.1 Å². The van der Waals surface area contributed by atoms with Crippen LogP contribution in [0.4, 0.5) is 38.0 Å². The molecule has 0 aliphatic rings. The minimum atomic E-state index is -4.59. The van der Waals surface area contributed by atoms with Crippen molar-refractivity contribution in [3.63, 3.8) is 0 Å². The molecular weight excluding hydrogens is 496 g/mol. The van der Waals surface area contributed by atoms with E-state index in [1.807, 2.05) is 0 Å². The molecule has 3 N–H and O–H groups in total. The molecule has 0 saturated heterocycles. The quantitative estimate of drug-likeness (QED) is 0.174. The fraction of sp³-hybridized carbons (Fsp3) is 0.227. The first kappa shape index (κ1) is 27.7. The van der Waals surface area contributed by atoms with Crippen LogP contribution in [0, 0.1) is 28.9 Å². The van der Waals surface area contributed by atoms with Crippen LogP contribution in [-0.2, 0) is 16.7 Å². The van der Waals surface area contributed by atoms with Crippen LogP contribution in [-0.4, -0.2) is 29.4 Å². The van der Waals surface area contributed by atoms with E-state index in [-0.39, 0.29) is 17.2 Å². The number of rotatable bonds is 8. The minimum Gasteiger partial charge on any atom is -0.384 e. The van der Waals surface area contributed by atoms with Crippen LogP contribution in [0.2, 0.25) is 0 Å². The van der Waals surface area contributed by atoms with Crippen LogP contribution >= 0.6 is 11.8 Å². The first-order valence-electron chi connectivity index (χ1n) is 9.71. The number of anilines is 2. The Morgan fingerprint density at radius 3 is 2.46 bits per heavy atom. The lowest BCUT2D eigenvalue weighted by Gasteiger charge is -2.14. The van der Waals surface area contributed by atoms with Crippen molar-refractivity contribution < 1.29 is 31.1 Å². The Labute approximate surface area is 201 Å². The molecule has 0 spiro atoms. The Morgan fingerprint density at radius 1 is 1.11 bits per heavy atom. The highest BCUT2D eigenvalue weighted by atomic mass is 32.2. The van der Waals surface area contributed by atoms with Gasteiger partial charge in [0.15, 0.2) is 12.0 Å². The predicted octanol–water partition coefficient (Wildman–Crippen LogP) is 5.63. The number of nitrogens with one attached hydrogen (secondary N) is 1. The van der Waals surface area contributed by atoms with E-state index in [4.69, 9.17) is 10.00 Å². The molecule has 6 nitrogen and oxygen atoms in total. The van der Waals surface area contributed by atoms with Gasteiger partial charge in [-0.2, -0.15) is 30.2 Å². The standard InChI is InChI=1S/C21H17F6N3OS.CH2N2/c1-31-4-5-32-11-12-6-13(21(25,26)27)8-15(7-12)29-20-28-10-18(24)19(30-20)16-3-2-14(22)9-17(16)23;2-1-3/h2-3,6-10H,4-5,11H2,1H3,(H,28,29,30);2H2. The fourth-order valence-corrected chi connectivity index (χ4v) is 3.60. The molecule has 186 valence electrons. The first-order chi connectivity index (χ1) is 16.6. The number of hydrogen-bond donors (Lipinski definition) is 2. The topological polar surface area (TPSA) is 96.8 Å². The molecule has 0 aliphatic carbocycles. The molecule has 0 aliphatic heterocycles. The summed E-state index contributed by atoms with van der Waals surface area (Å²) in [5, 5.41) is 9.70. The highest BCUT2D eigenvalue weighted by Gasteiger charge is 2.31. The maximum Gasteiger partial charge on any atom is 0.416 e. The molecule has 1 aromatic heterocycles. The number of thioether (sulfide) groups is 1. The fourth-order valence-electron chi connectivity index (χ4n) is 2.77. The van der Waals surface area contributed by atoms with Gasteiger partial charge in [-0.1, -0.05) is 0 Å². The Morgan fingerprint density at radius 2 is 1.83 bits per heavy atom. The third-order valence-electron chi connectivity index (χ3n) is 4.21. The van der Waals surface area contributed by atoms with E-state index in [0.717, 1.165) is 30.5 Å². The lowest BCUT2D eigenvalue weighted by Crippen LogP contribution is -2.08. The molecule has 0 unspecified atom stereocenters. The van der Waals surface area contributed by atoms with Crippen LogP contribution in [0.1, 0.15) is 11.1 Å². The molecule has 0 fully saturated rings. The number of ether oxygens (including phenoxy) is 1. The van der Waals surface area contributed by atoms with Gasteiger partial charge in [-0.3, -0.25) is 0 Å². The van der Waals surface area contributed by atoms with Gasteiger partial charge < -0.3 is 15.8 Å². The van der Waals surface area contributed by atoms with Crippen LogP contribution < -0.4 is 11.1 Å². The summed E-state index contributed by atoms with van der Waals surface area (Å²) < 4.78 is 86.3. The summed E-state index contributed by atoms with van der Waals surface area (Å²) in [6, 6.07) is 5.92. The molecule has 0 bridgehead atoms. The Hall–Kier alpha value is -3.50. The monoisotopic (exact) mass is 515 g/mol. The van der Waals surface area contributed by atoms with Crippen molar-refractivity contribution in [2.45, 2.75) is 11.9 Å². The van der Waals surface area contributed by atoms with Crippen molar-refractivity contribution in [1.82, 2.24) is 9.97 Å². The van der Waals surface area contributed by atoms with Gasteiger partial charge in [0, 0.05) is 35.9 Å². The maximum absolute atomic E-state index is 14.2. The number of halogens is 6. The molecule has 2 aromatic carbocycles. The third-order valence-corrected chi connectivity index (χ3v) is 5.20. The van der Waals surface area contributed by atoms with Crippen molar-refractivity contribution >= 4 is 23.4 Å². The second-order valence-corrected chi connectivity index (χ2v) is 7.84. The molecule has 35 heavy (non-hydrogen) atoms. The van der Waals surface area contributed by atoms with Gasteiger partial charge in [0.05, 0.1) is 18.4 Å². The Bertz CT molecular complexity index is 1190. The molecule has 0 amide bonds. The maximum atomic E-state index is 14.2. The number of methoxy groups -OCH3 is 1. The molecule has 13 heteroatoms. The van der Waals surface area contributed by atoms with Gasteiger partial charge in [0.1, 0.15) is 17.3 Å². The first-order valence-corrected chi connectivity index (χ1v) is 10.9. The van der Waals surface area contributed by atoms with Crippen LogP contribution in [0.3, 0.4) is 0 Å². The van der Waals surface area contributed by atoms with Crippen molar-refractivity contribution in [3.05, 3.63) is 71.2 Å². The minimum absolute atomic E-state index is 0.0271. The SMILES string of the molecule is COCCSCc1cc(Nc2ncc(F)c(-c3ccc(F)cc3F)n2)cc(C(F)(F)F)c1.N#CN. The average Bonchev–Trinajstić information content (AvgIpc) is 2.78. The van der Waals surface area contributed by atoms with Gasteiger partial charge in [-0.25, -0.2) is 23.1 Å². The smallest absolute Gasteiger partial charge is 0.384 e. The van der Waals surface area contributed by atoms with Crippen LogP contribution in [0.5, 0.6) is 0 Å².